The van der Waals surface area contributed by atoms with E-state index in [1.807, 2.05) is 0 Å². The summed E-state index contributed by atoms with van der Waals surface area (Å²) in [5.41, 5.74) is 3.77. The number of rotatable bonds is 4. The minimum atomic E-state index is -0.110. The van der Waals surface area contributed by atoms with Crippen molar-refractivity contribution in [2.24, 2.45) is 0 Å². The van der Waals surface area contributed by atoms with E-state index < -0.39 is 0 Å². The molecule has 1 aromatic carbocycles. The van der Waals surface area contributed by atoms with Crippen molar-refractivity contribution < 1.29 is 4.74 Å². The summed E-state index contributed by atoms with van der Waals surface area (Å²) in [6, 6.07) is 4.81. The van der Waals surface area contributed by atoms with Crippen molar-refractivity contribution in [2.75, 3.05) is 27.2 Å². The van der Waals surface area contributed by atoms with E-state index in [9.17, 15) is 0 Å². The third-order valence-corrected chi connectivity index (χ3v) is 4.11. The van der Waals surface area contributed by atoms with E-state index in [4.69, 9.17) is 4.74 Å². The summed E-state index contributed by atoms with van der Waals surface area (Å²) in [6.45, 7) is 10.7. The first-order valence-corrected chi connectivity index (χ1v) is 7.47. The molecule has 3 nitrogen and oxygen atoms in total. The van der Waals surface area contributed by atoms with E-state index in [1.54, 1.807) is 0 Å². The highest BCUT2D eigenvalue weighted by molar-refractivity contribution is 5.48. The third kappa shape index (κ3) is 3.33. The smallest absolute Gasteiger partial charge is 0.128 e. The second kappa shape index (κ2) is 5.74. The van der Waals surface area contributed by atoms with Gasteiger partial charge in [0.1, 0.15) is 11.4 Å². The van der Waals surface area contributed by atoms with Crippen LogP contribution in [0.4, 0.5) is 0 Å². The van der Waals surface area contributed by atoms with Gasteiger partial charge in [0, 0.05) is 31.1 Å². The zero-order chi connectivity index (χ0) is 14.9. The van der Waals surface area contributed by atoms with Gasteiger partial charge in [-0.2, -0.15) is 0 Å². The second-order valence-electron chi connectivity index (χ2n) is 6.80. The zero-order valence-electron chi connectivity index (χ0n) is 13.7. The number of fused-ring (bicyclic) bond motifs is 1. The zero-order valence-corrected chi connectivity index (χ0v) is 13.7. The minimum absolute atomic E-state index is 0.110. The van der Waals surface area contributed by atoms with Crippen LogP contribution in [0.1, 0.15) is 43.0 Å². The van der Waals surface area contributed by atoms with Crippen LogP contribution < -0.4 is 10.1 Å². The van der Waals surface area contributed by atoms with Crippen molar-refractivity contribution in [3.05, 3.63) is 28.8 Å². The van der Waals surface area contributed by atoms with Crippen LogP contribution in [-0.2, 0) is 0 Å². The number of likely N-dealkylation sites (N-methyl/N-ethyl adjacent to an activating group) is 1. The van der Waals surface area contributed by atoms with Crippen molar-refractivity contribution >= 4 is 0 Å². The third-order valence-electron chi connectivity index (χ3n) is 4.11. The van der Waals surface area contributed by atoms with E-state index >= 15 is 0 Å². The van der Waals surface area contributed by atoms with Gasteiger partial charge < -0.3 is 15.0 Å². The maximum Gasteiger partial charge on any atom is 0.128 e. The lowest BCUT2D eigenvalue weighted by Gasteiger charge is -2.39. The first-order valence-electron chi connectivity index (χ1n) is 7.47. The molecule has 1 N–H and O–H groups in total. The molecule has 0 spiro atoms. The Hall–Kier alpha value is -1.06. The number of hydrogen-bond acceptors (Lipinski definition) is 3. The Kier molecular flexibility index (Phi) is 4.40. The lowest BCUT2D eigenvalue weighted by Crippen LogP contribution is -2.41. The minimum Gasteiger partial charge on any atom is -0.487 e. The SMILES string of the molecule is Cc1ccc2c(c1C)OC(C)(C)CC2NCCN(C)C. The van der Waals surface area contributed by atoms with Crippen molar-refractivity contribution in [3.63, 3.8) is 0 Å². The number of hydrogen-bond donors (Lipinski definition) is 1. The van der Waals surface area contributed by atoms with E-state index in [-0.39, 0.29) is 5.60 Å². The van der Waals surface area contributed by atoms with Gasteiger partial charge in [-0.15, -0.1) is 0 Å². The second-order valence-corrected chi connectivity index (χ2v) is 6.80. The molecule has 20 heavy (non-hydrogen) atoms. The Balaban J connectivity index is 2.24. The molecule has 0 radical (unpaired) electrons. The normalized spacial score (nSPS) is 20.6. The number of nitrogens with one attached hydrogen (secondary N) is 1. The van der Waals surface area contributed by atoms with Crippen molar-refractivity contribution in [1.29, 1.82) is 0 Å². The maximum absolute atomic E-state index is 6.24. The highest BCUT2D eigenvalue weighted by atomic mass is 16.5. The Morgan fingerprint density at radius 2 is 2.00 bits per heavy atom. The predicted octanol–water partition coefficient (Wildman–Crippen LogP) is 3.06. The highest BCUT2D eigenvalue weighted by Gasteiger charge is 2.34. The van der Waals surface area contributed by atoms with Crippen LogP contribution in [0.5, 0.6) is 5.75 Å². The maximum atomic E-state index is 6.24. The van der Waals surface area contributed by atoms with E-state index in [0.717, 1.165) is 25.3 Å². The van der Waals surface area contributed by atoms with Gasteiger partial charge in [-0.05, 0) is 52.9 Å². The van der Waals surface area contributed by atoms with Crippen molar-refractivity contribution in [1.82, 2.24) is 10.2 Å². The molecule has 1 aliphatic heterocycles. The molecule has 1 aromatic rings. The van der Waals surface area contributed by atoms with E-state index in [2.05, 4.69) is 64.1 Å². The van der Waals surface area contributed by atoms with Gasteiger partial charge in [0.2, 0.25) is 0 Å². The van der Waals surface area contributed by atoms with Crippen LogP contribution in [0.15, 0.2) is 12.1 Å². The quantitative estimate of drug-likeness (QED) is 0.914. The fourth-order valence-electron chi connectivity index (χ4n) is 2.78. The molecule has 112 valence electrons. The summed E-state index contributed by atoms with van der Waals surface area (Å²) in [5, 5.41) is 3.69. The highest BCUT2D eigenvalue weighted by Crippen LogP contribution is 2.42. The van der Waals surface area contributed by atoms with Crippen molar-refractivity contribution in [3.8, 4) is 5.75 Å². The van der Waals surface area contributed by atoms with Crippen LogP contribution in [0.3, 0.4) is 0 Å². The van der Waals surface area contributed by atoms with Crippen LogP contribution in [-0.4, -0.2) is 37.7 Å². The Morgan fingerprint density at radius 1 is 1.30 bits per heavy atom. The molecule has 1 atom stereocenters. The predicted molar refractivity (Wildman–Crippen MR) is 84.5 cm³/mol. The van der Waals surface area contributed by atoms with Gasteiger partial charge in [0.15, 0.2) is 0 Å². The molecule has 1 unspecified atom stereocenters. The molecule has 0 saturated heterocycles. The molecule has 0 bridgehead atoms. The van der Waals surface area contributed by atoms with Crippen LogP contribution >= 0.6 is 0 Å². The average Bonchev–Trinajstić information content (AvgIpc) is 2.33. The molecule has 3 heteroatoms. The average molecular weight is 276 g/mol. The van der Waals surface area contributed by atoms with Crippen molar-refractivity contribution in [2.45, 2.75) is 45.8 Å². The molecular formula is C17H28N2O. The Bertz CT molecular complexity index is 480. The number of nitrogens with zero attached hydrogens (tertiary/aromatic N) is 1. The molecule has 1 heterocycles. The molecule has 0 amide bonds. The Morgan fingerprint density at radius 3 is 2.65 bits per heavy atom. The summed E-state index contributed by atoms with van der Waals surface area (Å²) in [7, 11) is 4.22. The number of ether oxygens (including phenoxy) is 1. The summed E-state index contributed by atoms with van der Waals surface area (Å²) in [6.07, 6.45) is 1.01. The standard InChI is InChI=1S/C17H28N2O/c1-12-7-8-14-15(18-9-10-19(5)6)11-17(3,4)20-16(14)13(12)2/h7-8,15,18H,9-11H2,1-6H3. The number of aryl methyl sites for hydroxylation is 1. The first kappa shape index (κ1) is 15.3. The summed E-state index contributed by atoms with van der Waals surface area (Å²) < 4.78 is 6.24. The van der Waals surface area contributed by atoms with Gasteiger partial charge in [0.05, 0.1) is 0 Å². The summed E-state index contributed by atoms with van der Waals surface area (Å²) in [5.74, 6) is 1.09. The molecule has 0 fully saturated rings. The van der Waals surface area contributed by atoms with Gasteiger partial charge in [-0.3, -0.25) is 0 Å². The monoisotopic (exact) mass is 276 g/mol. The molecule has 1 aliphatic rings. The molecule has 2 rings (SSSR count). The largest absolute Gasteiger partial charge is 0.487 e. The van der Waals surface area contributed by atoms with Crippen LogP contribution in [0, 0.1) is 13.8 Å². The molecular weight excluding hydrogens is 248 g/mol. The Labute approximate surface area is 123 Å². The van der Waals surface area contributed by atoms with Crippen LogP contribution in [0.2, 0.25) is 0 Å². The summed E-state index contributed by atoms with van der Waals surface area (Å²) in [4.78, 5) is 2.21. The topological polar surface area (TPSA) is 24.5 Å². The lowest BCUT2D eigenvalue weighted by atomic mass is 9.87. The van der Waals surface area contributed by atoms with Gasteiger partial charge in [-0.1, -0.05) is 12.1 Å². The van der Waals surface area contributed by atoms with E-state index in [1.165, 1.54) is 16.7 Å². The van der Waals surface area contributed by atoms with Gasteiger partial charge >= 0.3 is 0 Å². The fraction of sp³-hybridized carbons (Fsp3) is 0.647. The van der Waals surface area contributed by atoms with Crippen LogP contribution in [0.25, 0.3) is 0 Å². The molecule has 0 saturated carbocycles. The molecule has 0 aliphatic carbocycles. The van der Waals surface area contributed by atoms with Gasteiger partial charge in [-0.25, -0.2) is 0 Å². The summed E-state index contributed by atoms with van der Waals surface area (Å²) >= 11 is 0. The molecule has 0 aromatic heterocycles. The fourth-order valence-corrected chi connectivity index (χ4v) is 2.78. The van der Waals surface area contributed by atoms with Gasteiger partial charge in [0.25, 0.3) is 0 Å². The first-order chi connectivity index (χ1) is 9.30. The number of benzene rings is 1. The van der Waals surface area contributed by atoms with E-state index in [0.29, 0.717) is 6.04 Å². The lowest BCUT2D eigenvalue weighted by molar-refractivity contribution is 0.0648.